The second-order valence-electron chi connectivity index (χ2n) is 3.73. The summed E-state index contributed by atoms with van der Waals surface area (Å²) in [4.78, 5) is 23.7. The summed E-state index contributed by atoms with van der Waals surface area (Å²) in [6.45, 7) is 2.08. The zero-order valence-corrected chi connectivity index (χ0v) is 9.19. The predicted molar refractivity (Wildman–Crippen MR) is 53.2 cm³/mol. The van der Waals surface area contributed by atoms with Gasteiger partial charge in [-0.3, -0.25) is 4.79 Å². The van der Waals surface area contributed by atoms with Crippen LogP contribution in [0.15, 0.2) is 0 Å². The highest BCUT2D eigenvalue weighted by atomic mass is 16.5. The van der Waals surface area contributed by atoms with Crippen LogP contribution in [0.3, 0.4) is 0 Å². The van der Waals surface area contributed by atoms with E-state index in [1.807, 2.05) is 0 Å². The molecule has 1 rings (SSSR count). The Labute approximate surface area is 89.3 Å². The lowest BCUT2D eigenvalue weighted by molar-refractivity contribution is -0.157. The number of hydrogen-bond donors (Lipinski definition) is 0. The van der Waals surface area contributed by atoms with Gasteiger partial charge in [-0.2, -0.15) is 0 Å². The average Bonchev–Trinajstić information content (AvgIpc) is 2.28. The van der Waals surface area contributed by atoms with Crippen molar-refractivity contribution >= 4 is 11.9 Å². The van der Waals surface area contributed by atoms with Crippen LogP contribution in [0.5, 0.6) is 0 Å². The van der Waals surface area contributed by atoms with Crippen molar-refractivity contribution in [1.82, 2.24) is 4.90 Å². The second-order valence-corrected chi connectivity index (χ2v) is 3.73. The van der Waals surface area contributed by atoms with Gasteiger partial charge in [-0.1, -0.05) is 0 Å². The van der Waals surface area contributed by atoms with Gasteiger partial charge < -0.3 is 14.4 Å². The Hall–Kier alpha value is -1.10. The first-order valence-electron chi connectivity index (χ1n) is 5.06. The minimum Gasteiger partial charge on any atom is -0.462 e. The number of ether oxygens (including phenoxy) is 2. The molecule has 0 radical (unpaired) electrons. The molecule has 1 aliphatic heterocycles. The van der Waals surface area contributed by atoms with E-state index in [-0.39, 0.29) is 0 Å². The smallest absolute Gasteiger partial charge is 0.396 e. The van der Waals surface area contributed by atoms with Crippen molar-refractivity contribution in [1.29, 1.82) is 0 Å². The molecular formula is C10H17NO4. The zero-order valence-electron chi connectivity index (χ0n) is 9.19. The summed E-state index contributed by atoms with van der Waals surface area (Å²) >= 11 is 0. The minimum absolute atomic E-state index is 0.428. The second kappa shape index (κ2) is 5.70. The lowest BCUT2D eigenvalue weighted by Gasteiger charge is -2.26. The van der Waals surface area contributed by atoms with Crippen LogP contribution in [-0.2, 0) is 19.1 Å². The van der Waals surface area contributed by atoms with Gasteiger partial charge in [-0.05, 0) is 18.8 Å². The molecule has 0 spiro atoms. The van der Waals surface area contributed by atoms with E-state index >= 15 is 0 Å². The highest BCUT2D eigenvalue weighted by molar-refractivity contribution is 6.32. The van der Waals surface area contributed by atoms with Crippen molar-refractivity contribution in [3.8, 4) is 0 Å². The largest absolute Gasteiger partial charge is 0.462 e. The summed E-state index contributed by atoms with van der Waals surface area (Å²) in [5, 5.41) is 0. The van der Waals surface area contributed by atoms with Crippen molar-refractivity contribution in [3.05, 3.63) is 0 Å². The number of methoxy groups -OCH3 is 1. The average molecular weight is 215 g/mol. The third-order valence-corrected chi connectivity index (χ3v) is 2.58. The van der Waals surface area contributed by atoms with Crippen molar-refractivity contribution in [2.24, 2.45) is 5.92 Å². The molecule has 1 heterocycles. The van der Waals surface area contributed by atoms with Gasteiger partial charge in [0.2, 0.25) is 0 Å². The SMILES string of the molecule is COC(=O)C(=O)N(C)CC1CCOCC1. The maximum atomic E-state index is 11.4. The first-order valence-corrected chi connectivity index (χ1v) is 5.06. The van der Waals surface area contributed by atoms with E-state index in [1.165, 1.54) is 12.0 Å². The van der Waals surface area contributed by atoms with Crippen molar-refractivity contribution < 1.29 is 19.1 Å². The summed E-state index contributed by atoms with van der Waals surface area (Å²) in [5.41, 5.74) is 0. The number of carbonyl (C=O) groups is 2. The van der Waals surface area contributed by atoms with Crippen LogP contribution < -0.4 is 0 Å². The predicted octanol–water partition coefficient (Wildman–Crippen LogP) is 0.0444. The van der Waals surface area contributed by atoms with E-state index in [9.17, 15) is 9.59 Å². The van der Waals surface area contributed by atoms with Crippen LogP contribution in [0, 0.1) is 5.92 Å². The molecule has 0 aliphatic carbocycles. The molecule has 0 aromatic rings. The molecule has 1 fully saturated rings. The number of amides is 1. The number of esters is 1. The molecule has 5 nitrogen and oxygen atoms in total. The van der Waals surface area contributed by atoms with E-state index in [2.05, 4.69) is 4.74 Å². The Morgan fingerprint density at radius 1 is 1.40 bits per heavy atom. The normalized spacial score (nSPS) is 17.2. The Balaban J connectivity index is 2.36. The van der Waals surface area contributed by atoms with Gasteiger partial charge in [-0.25, -0.2) is 4.79 Å². The van der Waals surface area contributed by atoms with Crippen LogP contribution in [-0.4, -0.2) is 50.7 Å². The van der Waals surface area contributed by atoms with Crippen LogP contribution in [0.4, 0.5) is 0 Å². The van der Waals surface area contributed by atoms with Crippen LogP contribution in [0.2, 0.25) is 0 Å². The number of nitrogens with zero attached hydrogens (tertiary/aromatic N) is 1. The zero-order chi connectivity index (χ0) is 11.3. The molecular weight excluding hydrogens is 198 g/mol. The highest BCUT2D eigenvalue weighted by Crippen LogP contribution is 2.15. The van der Waals surface area contributed by atoms with Crippen LogP contribution in [0.25, 0.3) is 0 Å². The van der Waals surface area contributed by atoms with Crippen LogP contribution in [0.1, 0.15) is 12.8 Å². The molecule has 0 saturated carbocycles. The molecule has 0 aromatic heterocycles. The molecule has 15 heavy (non-hydrogen) atoms. The summed E-state index contributed by atoms with van der Waals surface area (Å²) in [5.74, 6) is -0.953. The Morgan fingerprint density at radius 2 is 2.00 bits per heavy atom. The van der Waals surface area contributed by atoms with Gasteiger partial charge in [0.05, 0.1) is 7.11 Å². The topological polar surface area (TPSA) is 55.8 Å². The fraction of sp³-hybridized carbons (Fsp3) is 0.800. The molecule has 0 N–H and O–H groups in total. The summed E-state index contributed by atoms with van der Waals surface area (Å²) in [6.07, 6.45) is 1.89. The minimum atomic E-state index is -0.801. The van der Waals surface area contributed by atoms with Crippen LogP contribution >= 0.6 is 0 Å². The molecule has 1 amide bonds. The number of carbonyl (C=O) groups excluding carboxylic acids is 2. The maximum Gasteiger partial charge on any atom is 0.396 e. The first kappa shape index (κ1) is 12.0. The Kier molecular flexibility index (Phi) is 4.55. The van der Waals surface area contributed by atoms with Crippen molar-refractivity contribution in [2.75, 3.05) is 33.9 Å². The molecule has 5 heteroatoms. The maximum absolute atomic E-state index is 11.4. The summed E-state index contributed by atoms with van der Waals surface area (Å²) in [6, 6.07) is 0. The number of likely N-dealkylation sites (N-methyl/N-ethyl adjacent to an activating group) is 1. The third-order valence-electron chi connectivity index (χ3n) is 2.58. The number of hydrogen-bond acceptors (Lipinski definition) is 4. The molecule has 0 aromatic carbocycles. The molecule has 1 aliphatic rings. The molecule has 0 bridgehead atoms. The van der Waals surface area contributed by atoms with Gasteiger partial charge >= 0.3 is 11.9 Å². The van der Waals surface area contributed by atoms with Gasteiger partial charge in [-0.15, -0.1) is 0 Å². The lowest BCUT2D eigenvalue weighted by atomic mass is 10.00. The standard InChI is InChI=1S/C10H17NO4/c1-11(9(12)10(13)14-2)7-8-3-5-15-6-4-8/h8H,3-7H2,1-2H3. The quantitative estimate of drug-likeness (QED) is 0.482. The molecule has 86 valence electrons. The van der Waals surface area contributed by atoms with E-state index in [0.29, 0.717) is 12.5 Å². The molecule has 1 saturated heterocycles. The van der Waals surface area contributed by atoms with Gasteiger partial charge in [0.15, 0.2) is 0 Å². The Morgan fingerprint density at radius 3 is 2.53 bits per heavy atom. The van der Waals surface area contributed by atoms with Crippen molar-refractivity contribution in [2.45, 2.75) is 12.8 Å². The lowest BCUT2D eigenvalue weighted by Crippen LogP contribution is -2.38. The van der Waals surface area contributed by atoms with Gasteiger partial charge in [0.1, 0.15) is 0 Å². The van der Waals surface area contributed by atoms with Gasteiger partial charge in [0.25, 0.3) is 0 Å². The van der Waals surface area contributed by atoms with E-state index in [1.54, 1.807) is 7.05 Å². The Bertz CT molecular complexity index is 236. The first-order chi connectivity index (χ1) is 7.15. The fourth-order valence-electron chi connectivity index (χ4n) is 1.64. The van der Waals surface area contributed by atoms with E-state index < -0.39 is 11.9 Å². The molecule has 0 atom stereocenters. The summed E-state index contributed by atoms with van der Waals surface area (Å²) in [7, 11) is 2.83. The van der Waals surface area contributed by atoms with Gasteiger partial charge in [0, 0.05) is 26.8 Å². The van der Waals surface area contributed by atoms with E-state index in [0.717, 1.165) is 26.1 Å². The monoisotopic (exact) mass is 215 g/mol. The van der Waals surface area contributed by atoms with Crippen molar-refractivity contribution in [3.63, 3.8) is 0 Å². The third kappa shape index (κ3) is 3.51. The summed E-state index contributed by atoms with van der Waals surface area (Å²) < 4.78 is 9.58. The van der Waals surface area contributed by atoms with E-state index in [4.69, 9.17) is 4.74 Å². The number of rotatable bonds is 2. The fourth-order valence-corrected chi connectivity index (χ4v) is 1.64. The highest BCUT2D eigenvalue weighted by Gasteiger charge is 2.23. The molecule has 0 unspecified atom stereocenters.